The highest BCUT2D eigenvalue weighted by Gasteiger charge is 2.24. The fraction of sp³-hybridized carbons (Fsp3) is 0.353. The van der Waals surface area contributed by atoms with Crippen molar-refractivity contribution in [1.82, 2.24) is 4.90 Å². The fourth-order valence-electron chi connectivity index (χ4n) is 2.81. The Balaban J connectivity index is 1.69. The number of carbonyl (C=O) groups is 1. The Morgan fingerprint density at radius 3 is 2.45 bits per heavy atom. The Bertz CT molecular complexity index is 690. The minimum Gasteiger partial charge on any atom is -0.368 e. The largest absolute Gasteiger partial charge is 0.368 e. The van der Waals surface area contributed by atoms with E-state index in [1.165, 1.54) is 22.6 Å². The SMILES string of the molecule is Cc1ccc(Cl)cc1N1CCN(C(=O)c2sccc2C)CC1. The lowest BCUT2D eigenvalue weighted by atomic mass is 10.1. The summed E-state index contributed by atoms with van der Waals surface area (Å²) in [6.45, 7) is 7.28. The number of halogens is 1. The van der Waals surface area contributed by atoms with Gasteiger partial charge in [-0.25, -0.2) is 0 Å². The van der Waals surface area contributed by atoms with Crippen LogP contribution in [0.25, 0.3) is 0 Å². The zero-order chi connectivity index (χ0) is 15.7. The van der Waals surface area contributed by atoms with Crippen LogP contribution in [0, 0.1) is 13.8 Å². The van der Waals surface area contributed by atoms with Gasteiger partial charge in [-0.1, -0.05) is 17.7 Å². The first-order valence-corrected chi connectivity index (χ1v) is 8.66. The van der Waals surface area contributed by atoms with Crippen LogP contribution in [0.15, 0.2) is 29.6 Å². The first kappa shape index (κ1) is 15.4. The van der Waals surface area contributed by atoms with Gasteiger partial charge in [0.15, 0.2) is 0 Å². The van der Waals surface area contributed by atoms with Gasteiger partial charge in [-0.3, -0.25) is 4.79 Å². The van der Waals surface area contributed by atoms with Crippen LogP contribution in [0.4, 0.5) is 5.69 Å². The molecule has 1 aromatic carbocycles. The van der Waals surface area contributed by atoms with Crippen LogP contribution in [0.2, 0.25) is 5.02 Å². The van der Waals surface area contributed by atoms with E-state index in [1.807, 2.05) is 41.5 Å². The zero-order valence-electron chi connectivity index (χ0n) is 12.8. The van der Waals surface area contributed by atoms with Crippen molar-refractivity contribution in [3.8, 4) is 0 Å². The van der Waals surface area contributed by atoms with Crippen LogP contribution in [0.1, 0.15) is 20.8 Å². The summed E-state index contributed by atoms with van der Waals surface area (Å²) in [6, 6.07) is 7.98. The molecule has 0 radical (unpaired) electrons. The van der Waals surface area contributed by atoms with Gasteiger partial charge in [0.2, 0.25) is 0 Å². The quantitative estimate of drug-likeness (QED) is 0.829. The van der Waals surface area contributed by atoms with E-state index in [-0.39, 0.29) is 5.91 Å². The molecule has 1 aromatic heterocycles. The molecule has 1 aliphatic rings. The lowest BCUT2D eigenvalue weighted by Gasteiger charge is -2.36. The first-order chi connectivity index (χ1) is 10.6. The van der Waals surface area contributed by atoms with Crippen LogP contribution < -0.4 is 4.90 Å². The van der Waals surface area contributed by atoms with E-state index in [1.54, 1.807) is 0 Å². The molecule has 3 nitrogen and oxygen atoms in total. The summed E-state index contributed by atoms with van der Waals surface area (Å²) in [5.41, 5.74) is 3.47. The number of amides is 1. The lowest BCUT2D eigenvalue weighted by Crippen LogP contribution is -2.49. The average Bonchev–Trinajstić information content (AvgIpc) is 2.95. The molecule has 5 heteroatoms. The van der Waals surface area contributed by atoms with Crippen LogP contribution in [-0.4, -0.2) is 37.0 Å². The smallest absolute Gasteiger partial charge is 0.264 e. The zero-order valence-corrected chi connectivity index (χ0v) is 14.4. The van der Waals surface area contributed by atoms with Crippen molar-refractivity contribution in [3.05, 3.63) is 50.7 Å². The van der Waals surface area contributed by atoms with E-state index >= 15 is 0 Å². The van der Waals surface area contributed by atoms with Crippen LogP contribution in [0.5, 0.6) is 0 Å². The Hall–Kier alpha value is -1.52. The molecular formula is C17H19ClN2OS. The molecule has 0 saturated carbocycles. The molecule has 2 heterocycles. The van der Waals surface area contributed by atoms with Gasteiger partial charge in [0.1, 0.15) is 0 Å². The molecule has 1 saturated heterocycles. The molecule has 22 heavy (non-hydrogen) atoms. The number of piperazine rings is 1. The Morgan fingerprint density at radius 2 is 1.82 bits per heavy atom. The Morgan fingerprint density at radius 1 is 1.09 bits per heavy atom. The normalized spacial score (nSPS) is 15.2. The molecule has 3 rings (SSSR count). The third-order valence-electron chi connectivity index (χ3n) is 4.14. The summed E-state index contributed by atoms with van der Waals surface area (Å²) < 4.78 is 0. The number of aryl methyl sites for hydroxylation is 2. The summed E-state index contributed by atoms with van der Waals surface area (Å²) in [7, 11) is 0. The Kier molecular flexibility index (Phi) is 4.41. The van der Waals surface area contributed by atoms with Crippen molar-refractivity contribution in [3.63, 3.8) is 0 Å². The Labute approximate surface area is 140 Å². The lowest BCUT2D eigenvalue weighted by molar-refractivity contribution is 0.0751. The minimum atomic E-state index is 0.162. The molecule has 0 unspecified atom stereocenters. The summed E-state index contributed by atoms with van der Waals surface area (Å²) in [5.74, 6) is 0.162. The third kappa shape index (κ3) is 2.99. The summed E-state index contributed by atoms with van der Waals surface area (Å²) >= 11 is 7.64. The van der Waals surface area contributed by atoms with E-state index in [2.05, 4.69) is 11.8 Å². The monoisotopic (exact) mass is 334 g/mol. The number of benzene rings is 1. The molecule has 0 N–H and O–H groups in total. The molecule has 1 aliphatic heterocycles. The maximum Gasteiger partial charge on any atom is 0.264 e. The molecule has 0 atom stereocenters. The third-order valence-corrected chi connectivity index (χ3v) is 5.37. The number of anilines is 1. The highest BCUT2D eigenvalue weighted by Crippen LogP contribution is 2.26. The summed E-state index contributed by atoms with van der Waals surface area (Å²) in [6.07, 6.45) is 0. The average molecular weight is 335 g/mol. The van der Waals surface area contributed by atoms with Gasteiger partial charge in [0.25, 0.3) is 5.91 Å². The number of thiophene rings is 1. The highest BCUT2D eigenvalue weighted by molar-refractivity contribution is 7.12. The van der Waals surface area contributed by atoms with Gasteiger partial charge in [0, 0.05) is 36.9 Å². The second-order valence-corrected chi connectivity index (χ2v) is 7.00. The van der Waals surface area contributed by atoms with Crippen molar-refractivity contribution in [2.75, 3.05) is 31.1 Å². The predicted octanol–water partition coefficient (Wildman–Crippen LogP) is 3.98. The van der Waals surface area contributed by atoms with E-state index in [9.17, 15) is 4.79 Å². The van der Waals surface area contributed by atoms with Crippen molar-refractivity contribution < 1.29 is 4.79 Å². The highest BCUT2D eigenvalue weighted by atomic mass is 35.5. The predicted molar refractivity (Wildman–Crippen MR) is 93.4 cm³/mol. The summed E-state index contributed by atoms with van der Waals surface area (Å²) in [4.78, 5) is 17.7. The molecular weight excluding hydrogens is 316 g/mol. The topological polar surface area (TPSA) is 23.6 Å². The van der Waals surface area contributed by atoms with Crippen molar-refractivity contribution >= 4 is 34.5 Å². The standard InChI is InChI=1S/C17H19ClN2OS/c1-12-3-4-14(18)11-15(12)19-6-8-20(9-7-19)17(21)16-13(2)5-10-22-16/h3-5,10-11H,6-9H2,1-2H3. The van der Waals surface area contributed by atoms with Gasteiger partial charge < -0.3 is 9.80 Å². The molecule has 1 fully saturated rings. The second kappa shape index (κ2) is 6.31. The van der Waals surface area contributed by atoms with Gasteiger partial charge in [-0.15, -0.1) is 11.3 Å². The van der Waals surface area contributed by atoms with Crippen LogP contribution in [0.3, 0.4) is 0 Å². The van der Waals surface area contributed by atoms with Crippen molar-refractivity contribution in [2.24, 2.45) is 0 Å². The van der Waals surface area contributed by atoms with Crippen molar-refractivity contribution in [1.29, 1.82) is 0 Å². The van der Waals surface area contributed by atoms with E-state index in [0.717, 1.165) is 41.6 Å². The van der Waals surface area contributed by atoms with Gasteiger partial charge in [-0.2, -0.15) is 0 Å². The number of nitrogens with zero attached hydrogens (tertiary/aromatic N) is 2. The first-order valence-electron chi connectivity index (χ1n) is 7.41. The summed E-state index contributed by atoms with van der Waals surface area (Å²) in [5, 5.41) is 2.74. The molecule has 116 valence electrons. The van der Waals surface area contributed by atoms with E-state index in [0.29, 0.717) is 0 Å². The molecule has 0 spiro atoms. The molecule has 1 amide bonds. The van der Waals surface area contributed by atoms with Crippen LogP contribution >= 0.6 is 22.9 Å². The minimum absolute atomic E-state index is 0.162. The molecule has 0 aliphatic carbocycles. The van der Waals surface area contributed by atoms with E-state index < -0.39 is 0 Å². The fourth-order valence-corrected chi connectivity index (χ4v) is 3.87. The van der Waals surface area contributed by atoms with Crippen molar-refractivity contribution in [2.45, 2.75) is 13.8 Å². The van der Waals surface area contributed by atoms with E-state index in [4.69, 9.17) is 11.6 Å². The number of hydrogen-bond acceptors (Lipinski definition) is 3. The van der Waals surface area contributed by atoms with Gasteiger partial charge >= 0.3 is 0 Å². The maximum atomic E-state index is 12.5. The second-order valence-electron chi connectivity index (χ2n) is 5.64. The number of carbonyl (C=O) groups excluding carboxylic acids is 1. The van der Waals surface area contributed by atoms with Gasteiger partial charge in [0.05, 0.1) is 4.88 Å². The number of hydrogen-bond donors (Lipinski definition) is 0. The van der Waals surface area contributed by atoms with Gasteiger partial charge in [-0.05, 0) is 48.6 Å². The number of rotatable bonds is 2. The maximum absolute atomic E-state index is 12.5. The van der Waals surface area contributed by atoms with Crippen LogP contribution in [-0.2, 0) is 0 Å². The molecule has 2 aromatic rings. The molecule has 0 bridgehead atoms.